The average molecular weight is 438 g/mol. The maximum atomic E-state index is 11.7. The van der Waals surface area contributed by atoms with Crippen molar-refractivity contribution in [3.63, 3.8) is 0 Å². The van der Waals surface area contributed by atoms with Gasteiger partial charge >= 0.3 is 11.9 Å². The molecular weight excluding hydrogens is 398 g/mol. The predicted molar refractivity (Wildman–Crippen MR) is 120 cm³/mol. The topological polar surface area (TPSA) is 94.4 Å². The summed E-state index contributed by atoms with van der Waals surface area (Å²) in [6.07, 6.45) is 9.11. The minimum atomic E-state index is -0.617. The Labute approximate surface area is 186 Å². The van der Waals surface area contributed by atoms with E-state index in [0.29, 0.717) is 32.3 Å². The van der Waals surface area contributed by atoms with Crippen LogP contribution in [0.3, 0.4) is 0 Å². The van der Waals surface area contributed by atoms with Crippen LogP contribution in [-0.4, -0.2) is 47.8 Å². The van der Waals surface area contributed by atoms with Gasteiger partial charge in [0.15, 0.2) is 0 Å². The van der Waals surface area contributed by atoms with Crippen molar-refractivity contribution in [3.8, 4) is 0 Å². The van der Waals surface area contributed by atoms with Gasteiger partial charge in [0.05, 0.1) is 12.8 Å². The van der Waals surface area contributed by atoms with Gasteiger partial charge in [0.2, 0.25) is 0 Å². The van der Waals surface area contributed by atoms with Gasteiger partial charge in [-0.2, -0.15) is 0 Å². The van der Waals surface area contributed by atoms with Crippen LogP contribution in [0.5, 0.6) is 0 Å². The third kappa shape index (κ3) is 10.1. The predicted octanol–water partition coefficient (Wildman–Crippen LogP) is 4.97. The van der Waals surface area contributed by atoms with E-state index in [9.17, 15) is 9.59 Å². The SMILES string of the molecule is CC(=O)OC(CC=C(C)C)C(C)CCC[C@]1(C)OCC(=CC=NO)CC[C@H]1OC(C)=O. The summed E-state index contributed by atoms with van der Waals surface area (Å²) < 4.78 is 17.4. The Balaban J connectivity index is 2.81. The molecule has 176 valence electrons. The lowest BCUT2D eigenvalue weighted by atomic mass is 9.86. The van der Waals surface area contributed by atoms with Gasteiger partial charge < -0.3 is 19.4 Å². The second kappa shape index (κ2) is 13.3. The van der Waals surface area contributed by atoms with E-state index in [1.54, 1.807) is 6.08 Å². The van der Waals surface area contributed by atoms with E-state index in [-0.39, 0.29) is 30.1 Å². The first-order valence-electron chi connectivity index (χ1n) is 11.0. The smallest absolute Gasteiger partial charge is 0.303 e. The Morgan fingerprint density at radius 1 is 1.29 bits per heavy atom. The molecule has 1 saturated heterocycles. The van der Waals surface area contributed by atoms with Crippen molar-refractivity contribution in [1.29, 1.82) is 0 Å². The first kappa shape index (κ1) is 26.9. The van der Waals surface area contributed by atoms with Gasteiger partial charge in [-0.05, 0) is 64.0 Å². The van der Waals surface area contributed by atoms with Gasteiger partial charge in [-0.25, -0.2) is 0 Å². The third-order valence-electron chi connectivity index (χ3n) is 5.72. The van der Waals surface area contributed by atoms with Crippen molar-refractivity contribution in [1.82, 2.24) is 0 Å². The van der Waals surface area contributed by atoms with Crippen LogP contribution in [0.4, 0.5) is 0 Å². The second-order valence-corrected chi connectivity index (χ2v) is 8.86. The number of rotatable bonds is 10. The molecule has 7 heteroatoms. The van der Waals surface area contributed by atoms with Gasteiger partial charge in [-0.1, -0.05) is 30.1 Å². The van der Waals surface area contributed by atoms with Gasteiger partial charge in [-0.15, -0.1) is 0 Å². The summed E-state index contributed by atoms with van der Waals surface area (Å²) in [5.41, 5.74) is 1.57. The van der Waals surface area contributed by atoms with Crippen LogP contribution in [-0.2, 0) is 23.8 Å². The van der Waals surface area contributed by atoms with Crippen molar-refractivity contribution in [2.45, 2.75) is 97.9 Å². The highest BCUT2D eigenvalue weighted by Crippen LogP contribution is 2.34. The molecule has 0 aromatic heterocycles. The van der Waals surface area contributed by atoms with Crippen LogP contribution in [0.25, 0.3) is 0 Å². The van der Waals surface area contributed by atoms with E-state index >= 15 is 0 Å². The first-order chi connectivity index (χ1) is 14.6. The molecule has 1 aliphatic rings. The van der Waals surface area contributed by atoms with Crippen LogP contribution >= 0.6 is 0 Å². The highest BCUT2D eigenvalue weighted by molar-refractivity contribution is 5.71. The number of esters is 2. The molecule has 4 atom stereocenters. The standard InChI is InChI=1S/C24H39NO6/c1-17(2)9-11-22(30-19(4)26)18(3)8-7-14-24(6)23(31-20(5)27)12-10-21(16-29-24)13-15-25-28/h9,13,15,18,22-23,28H,7-8,10-12,14,16H2,1-6H3/t18?,22?,23-,24+/m1/s1. The van der Waals surface area contributed by atoms with Crippen molar-refractivity contribution in [3.05, 3.63) is 23.3 Å². The molecule has 0 saturated carbocycles. The summed E-state index contributed by atoms with van der Waals surface area (Å²) in [5.74, 6) is -0.398. The number of carbonyl (C=O) groups excluding carboxylic acids is 2. The summed E-state index contributed by atoms with van der Waals surface area (Å²) >= 11 is 0. The van der Waals surface area contributed by atoms with Gasteiger partial charge in [0.25, 0.3) is 0 Å². The molecule has 0 spiro atoms. The van der Waals surface area contributed by atoms with E-state index in [4.69, 9.17) is 19.4 Å². The molecule has 0 aliphatic carbocycles. The molecule has 0 aromatic carbocycles. The second-order valence-electron chi connectivity index (χ2n) is 8.86. The Hall–Kier alpha value is -2.15. The van der Waals surface area contributed by atoms with E-state index in [1.807, 2.05) is 20.8 Å². The molecule has 1 fully saturated rings. The number of carbonyl (C=O) groups is 2. The van der Waals surface area contributed by atoms with Gasteiger partial charge in [-0.3, -0.25) is 9.59 Å². The van der Waals surface area contributed by atoms with Crippen molar-refractivity contribution in [2.24, 2.45) is 11.1 Å². The van der Waals surface area contributed by atoms with Gasteiger partial charge in [0, 0.05) is 20.3 Å². The Bertz CT molecular complexity index is 680. The van der Waals surface area contributed by atoms with Crippen molar-refractivity contribution < 1.29 is 29.0 Å². The lowest BCUT2D eigenvalue weighted by Crippen LogP contribution is -2.43. The molecule has 1 heterocycles. The van der Waals surface area contributed by atoms with E-state index < -0.39 is 5.60 Å². The maximum absolute atomic E-state index is 11.7. The zero-order chi connectivity index (χ0) is 23.4. The van der Waals surface area contributed by atoms with E-state index in [2.05, 4.69) is 18.2 Å². The fourth-order valence-electron chi connectivity index (χ4n) is 3.85. The highest BCUT2D eigenvalue weighted by atomic mass is 16.6. The highest BCUT2D eigenvalue weighted by Gasteiger charge is 2.39. The Morgan fingerprint density at radius 2 is 2.00 bits per heavy atom. The summed E-state index contributed by atoms with van der Waals surface area (Å²) in [5, 5.41) is 11.7. The number of hydrogen-bond donors (Lipinski definition) is 1. The van der Waals surface area contributed by atoms with Crippen LogP contribution in [0.15, 0.2) is 28.5 Å². The zero-order valence-electron chi connectivity index (χ0n) is 19.8. The first-order valence-corrected chi connectivity index (χ1v) is 11.0. The maximum Gasteiger partial charge on any atom is 0.303 e. The molecule has 1 rings (SSSR count). The minimum absolute atomic E-state index is 0.160. The van der Waals surface area contributed by atoms with E-state index in [0.717, 1.165) is 18.4 Å². The third-order valence-corrected chi connectivity index (χ3v) is 5.72. The van der Waals surface area contributed by atoms with Crippen LogP contribution in [0.2, 0.25) is 0 Å². The quantitative estimate of drug-likeness (QED) is 0.170. The largest absolute Gasteiger partial charge is 0.462 e. The lowest BCUT2D eigenvalue weighted by molar-refractivity contribution is -0.168. The fourth-order valence-corrected chi connectivity index (χ4v) is 3.85. The number of oxime groups is 1. The molecule has 31 heavy (non-hydrogen) atoms. The zero-order valence-corrected chi connectivity index (χ0v) is 19.8. The molecule has 2 unspecified atom stereocenters. The van der Waals surface area contributed by atoms with Crippen molar-refractivity contribution in [2.75, 3.05) is 6.61 Å². The molecule has 0 aromatic rings. The minimum Gasteiger partial charge on any atom is -0.462 e. The summed E-state index contributed by atoms with van der Waals surface area (Å²) in [6, 6.07) is 0. The molecular formula is C24H39NO6. The molecule has 7 nitrogen and oxygen atoms in total. The Morgan fingerprint density at radius 3 is 2.58 bits per heavy atom. The fraction of sp³-hybridized carbons (Fsp3) is 0.708. The van der Waals surface area contributed by atoms with Crippen LogP contribution in [0, 0.1) is 5.92 Å². The summed E-state index contributed by atoms with van der Waals surface area (Å²) in [7, 11) is 0. The monoisotopic (exact) mass is 437 g/mol. The molecule has 0 bridgehead atoms. The number of nitrogens with zero attached hydrogens (tertiary/aromatic N) is 1. The number of allylic oxidation sites excluding steroid dienone is 2. The van der Waals surface area contributed by atoms with E-state index in [1.165, 1.54) is 25.6 Å². The molecule has 1 N–H and O–H groups in total. The lowest BCUT2D eigenvalue weighted by Gasteiger charge is -2.35. The van der Waals surface area contributed by atoms with Crippen LogP contribution in [0.1, 0.15) is 80.1 Å². The summed E-state index contributed by atoms with van der Waals surface area (Å²) in [6.45, 7) is 11.4. The molecule has 0 radical (unpaired) electrons. The number of ether oxygens (including phenoxy) is 3. The summed E-state index contributed by atoms with van der Waals surface area (Å²) in [4.78, 5) is 23.2. The normalized spacial score (nSPS) is 25.0. The van der Waals surface area contributed by atoms with Crippen molar-refractivity contribution >= 4 is 18.2 Å². The molecule has 1 aliphatic heterocycles. The average Bonchev–Trinajstić information content (AvgIpc) is 2.82. The number of hydrogen-bond acceptors (Lipinski definition) is 7. The molecule has 0 amide bonds. The Kier molecular flexibility index (Phi) is 11.5. The van der Waals surface area contributed by atoms with Crippen LogP contribution < -0.4 is 0 Å². The van der Waals surface area contributed by atoms with Gasteiger partial charge in [0.1, 0.15) is 17.8 Å².